The van der Waals surface area contributed by atoms with E-state index in [1.165, 1.54) is 43.7 Å². The number of nitriles is 1. The van der Waals surface area contributed by atoms with Crippen LogP contribution in [-0.4, -0.2) is 25.7 Å². The first-order chi connectivity index (χ1) is 24.6. The number of hydrogen-bond acceptors (Lipinski definition) is 8. The number of Topliss-reactive ketones (excluding diaryl/α,β-unsaturated/α-hetero) is 1. The highest BCUT2D eigenvalue weighted by atomic mass is 35.5. The molecule has 0 bridgehead atoms. The van der Waals surface area contributed by atoms with E-state index >= 15 is 0 Å². The Morgan fingerprint density at radius 3 is 1.88 bits per heavy atom. The Kier molecular flexibility index (Phi) is 10.1. The minimum Gasteiger partial charge on any atom is -0.382 e. The number of benzene rings is 4. The standard InChI is InChI=1S/C22H16ClFN6.C17H11ClFNO/c1-12(30-22-16(9-25)21(26)28-11-29-22)17-10-27-20-15(7-14(24)8-18(20)23)19(17)13-5-3-2-4-6-13;1-10(21)14-9-20-17-13(7-12(19)8-15(17)18)16(14)11-5-3-2-4-6-11/h2-8,10-12H,1H3,(H3,26,28,29,30);2-9H,1H3. The molecular formula is C39H27Cl2F2N7O. The van der Waals surface area contributed by atoms with Crippen LogP contribution in [-0.2, 0) is 0 Å². The number of aromatic nitrogens is 4. The zero-order chi connectivity index (χ0) is 36.2. The van der Waals surface area contributed by atoms with Crippen LogP contribution < -0.4 is 11.1 Å². The summed E-state index contributed by atoms with van der Waals surface area (Å²) < 4.78 is 28.0. The third kappa shape index (κ3) is 7.17. The van der Waals surface area contributed by atoms with Gasteiger partial charge >= 0.3 is 0 Å². The number of nitrogens with one attached hydrogen (secondary N) is 1. The average molecular weight is 719 g/mol. The summed E-state index contributed by atoms with van der Waals surface area (Å²) in [5, 5.41) is 14.2. The molecule has 12 heteroatoms. The molecule has 0 spiro atoms. The second-order valence-corrected chi connectivity index (χ2v) is 12.3. The molecule has 0 radical (unpaired) electrons. The molecule has 8 nitrogen and oxygen atoms in total. The van der Waals surface area contributed by atoms with Crippen LogP contribution in [0.2, 0.25) is 10.0 Å². The molecule has 1 atom stereocenters. The van der Waals surface area contributed by atoms with Crippen molar-refractivity contribution in [3.63, 3.8) is 0 Å². The first-order valence-electron chi connectivity index (χ1n) is 15.5. The summed E-state index contributed by atoms with van der Waals surface area (Å²) in [7, 11) is 0. The minimum absolute atomic E-state index is 0.0935. The summed E-state index contributed by atoms with van der Waals surface area (Å²) in [6, 6.07) is 25.9. The monoisotopic (exact) mass is 717 g/mol. The SMILES string of the molecule is CC(=O)c1cnc2c(Cl)cc(F)cc2c1-c1ccccc1.CC(Nc1ncnc(N)c1C#N)c1cnc2c(Cl)cc(F)cc2c1-c1ccccc1. The molecule has 0 aliphatic carbocycles. The number of hydrogen-bond donors (Lipinski definition) is 2. The smallest absolute Gasteiger partial charge is 0.161 e. The number of nitrogens with zero attached hydrogens (tertiary/aromatic N) is 5. The van der Waals surface area contributed by atoms with Gasteiger partial charge in [-0.15, -0.1) is 0 Å². The van der Waals surface area contributed by atoms with Crippen LogP contribution in [0.25, 0.3) is 44.1 Å². The molecule has 3 heterocycles. The van der Waals surface area contributed by atoms with Crippen molar-refractivity contribution < 1.29 is 13.6 Å². The molecule has 0 saturated carbocycles. The van der Waals surface area contributed by atoms with Crippen molar-refractivity contribution in [1.82, 2.24) is 19.9 Å². The molecule has 4 aromatic carbocycles. The lowest BCUT2D eigenvalue weighted by molar-refractivity contribution is 0.101. The van der Waals surface area contributed by atoms with Crippen molar-refractivity contribution >= 4 is 62.4 Å². The predicted molar refractivity (Wildman–Crippen MR) is 197 cm³/mol. The lowest BCUT2D eigenvalue weighted by Crippen LogP contribution is -2.12. The van der Waals surface area contributed by atoms with Crippen molar-refractivity contribution in [2.24, 2.45) is 0 Å². The molecule has 1 unspecified atom stereocenters. The lowest BCUT2D eigenvalue weighted by atomic mass is 9.93. The van der Waals surface area contributed by atoms with Gasteiger partial charge < -0.3 is 11.1 Å². The van der Waals surface area contributed by atoms with Crippen LogP contribution in [0.1, 0.15) is 41.4 Å². The summed E-state index contributed by atoms with van der Waals surface area (Å²) in [5.41, 5.74) is 11.4. The van der Waals surface area contributed by atoms with Crippen LogP contribution in [0, 0.1) is 23.0 Å². The van der Waals surface area contributed by atoms with Gasteiger partial charge in [-0.3, -0.25) is 14.8 Å². The van der Waals surface area contributed by atoms with Gasteiger partial charge in [0.05, 0.1) is 27.1 Å². The van der Waals surface area contributed by atoms with E-state index in [0.717, 1.165) is 22.3 Å². The summed E-state index contributed by atoms with van der Waals surface area (Å²) >= 11 is 12.3. The van der Waals surface area contributed by atoms with Gasteiger partial charge in [0.2, 0.25) is 0 Å². The highest BCUT2D eigenvalue weighted by molar-refractivity contribution is 6.36. The van der Waals surface area contributed by atoms with E-state index in [1.807, 2.05) is 73.7 Å². The molecule has 0 aliphatic heterocycles. The van der Waals surface area contributed by atoms with E-state index in [-0.39, 0.29) is 33.3 Å². The summed E-state index contributed by atoms with van der Waals surface area (Å²) in [4.78, 5) is 28.6. The van der Waals surface area contributed by atoms with Gasteiger partial charge in [0.25, 0.3) is 0 Å². The second kappa shape index (κ2) is 14.8. The van der Waals surface area contributed by atoms with Crippen LogP contribution in [0.5, 0.6) is 0 Å². The quantitative estimate of drug-likeness (QED) is 0.163. The van der Waals surface area contributed by atoms with E-state index < -0.39 is 11.6 Å². The molecule has 51 heavy (non-hydrogen) atoms. The Labute approximate surface area is 301 Å². The van der Waals surface area contributed by atoms with Gasteiger partial charge in [0.1, 0.15) is 41.2 Å². The topological polar surface area (TPSA) is 130 Å². The molecule has 7 aromatic rings. The van der Waals surface area contributed by atoms with Crippen LogP contribution in [0.15, 0.2) is 104 Å². The van der Waals surface area contributed by atoms with Crippen molar-refractivity contribution in [3.05, 3.63) is 142 Å². The number of ketones is 1. The van der Waals surface area contributed by atoms with E-state index in [1.54, 1.807) is 6.20 Å². The second-order valence-electron chi connectivity index (χ2n) is 11.5. The van der Waals surface area contributed by atoms with Gasteiger partial charge in [-0.05, 0) is 54.8 Å². The highest BCUT2D eigenvalue weighted by Crippen LogP contribution is 2.38. The summed E-state index contributed by atoms with van der Waals surface area (Å²) in [5.74, 6) is -0.611. The first kappa shape index (κ1) is 34.8. The number of carbonyl (C=O) groups is 1. The third-order valence-electron chi connectivity index (χ3n) is 8.12. The Morgan fingerprint density at radius 2 is 1.33 bits per heavy atom. The lowest BCUT2D eigenvalue weighted by Gasteiger charge is -2.21. The Hall–Kier alpha value is -6.02. The van der Waals surface area contributed by atoms with Crippen molar-refractivity contribution in [1.29, 1.82) is 5.26 Å². The van der Waals surface area contributed by atoms with Crippen LogP contribution in [0.3, 0.4) is 0 Å². The van der Waals surface area contributed by atoms with Crippen LogP contribution >= 0.6 is 23.2 Å². The molecule has 7 rings (SSSR count). The first-order valence-corrected chi connectivity index (χ1v) is 16.3. The number of nitrogens with two attached hydrogens (primary N) is 1. The zero-order valence-corrected chi connectivity index (χ0v) is 28.6. The Morgan fingerprint density at radius 1 is 0.804 bits per heavy atom. The van der Waals surface area contributed by atoms with E-state index in [9.17, 15) is 18.8 Å². The maximum absolute atomic E-state index is 14.2. The maximum Gasteiger partial charge on any atom is 0.161 e. The molecule has 3 N–H and O–H groups in total. The van der Waals surface area contributed by atoms with Gasteiger partial charge in [-0.1, -0.05) is 83.9 Å². The van der Waals surface area contributed by atoms with Gasteiger partial charge in [0.15, 0.2) is 5.78 Å². The number of halogens is 4. The number of pyridine rings is 2. The summed E-state index contributed by atoms with van der Waals surface area (Å²) in [6.07, 6.45) is 4.48. The number of nitrogen functional groups attached to an aromatic ring is 1. The number of fused-ring (bicyclic) bond motifs is 2. The predicted octanol–water partition coefficient (Wildman–Crippen LogP) is 10.0. The fraction of sp³-hybridized carbons (Fsp3) is 0.0769. The molecule has 0 saturated heterocycles. The molecular weight excluding hydrogens is 691 g/mol. The van der Waals surface area contributed by atoms with E-state index in [4.69, 9.17) is 28.9 Å². The normalized spacial score (nSPS) is 11.4. The van der Waals surface area contributed by atoms with Crippen molar-refractivity contribution in [3.8, 4) is 28.3 Å². The van der Waals surface area contributed by atoms with Crippen molar-refractivity contribution in [2.45, 2.75) is 19.9 Å². The van der Waals surface area contributed by atoms with Gasteiger partial charge in [-0.2, -0.15) is 5.26 Å². The van der Waals surface area contributed by atoms with Crippen LogP contribution in [0.4, 0.5) is 20.4 Å². The third-order valence-corrected chi connectivity index (χ3v) is 8.70. The maximum atomic E-state index is 14.2. The highest BCUT2D eigenvalue weighted by Gasteiger charge is 2.21. The zero-order valence-electron chi connectivity index (χ0n) is 27.1. The van der Waals surface area contributed by atoms with Gasteiger partial charge in [0, 0.05) is 39.9 Å². The fourth-order valence-electron chi connectivity index (χ4n) is 5.81. The van der Waals surface area contributed by atoms with E-state index in [2.05, 4.69) is 25.3 Å². The molecule has 252 valence electrons. The molecule has 0 amide bonds. The summed E-state index contributed by atoms with van der Waals surface area (Å²) in [6.45, 7) is 3.37. The minimum atomic E-state index is -0.452. The number of carbonyl (C=O) groups excluding carboxylic acids is 1. The Bertz CT molecular complexity index is 2480. The van der Waals surface area contributed by atoms with E-state index in [0.29, 0.717) is 38.8 Å². The fourth-order valence-corrected chi connectivity index (χ4v) is 6.32. The van der Waals surface area contributed by atoms with Gasteiger partial charge in [-0.25, -0.2) is 18.7 Å². The molecule has 3 aromatic heterocycles. The average Bonchev–Trinajstić information content (AvgIpc) is 3.11. The number of rotatable bonds is 6. The largest absolute Gasteiger partial charge is 0.382 e. The number of anilines is 2. The molecule has 0 fully saturated rings. The Balaban J connectivity index is 0.000000187. The van der Waals surface area contributed by atoms with Crippen molar-refractivity contribution in [2.75, 3.05) is 11.1 Å². The molecule has 0 aliphatic rings.